The van der Waals surface area contributed by atoms with E-state index in [0.717, 1.165) is 39.0 Å². The van der Waals surface area contributed by atoms with Crippen molar-refractivity contribution >= 4 is 60.8 Å². The van der Waals surface area contributed by atoms with Crippen molar-refractivity contribution in [2.75, 3.05) is 4.90 Å². The van der Waals surface area contributed by atoms with Crippen LogP contribution in [-0.2, 0) is 5.41 Å². The molecule has 0 spiro atoms. The first kappa shape index (κ1) is 27.1. The standard InChI is InChI=1S/C45H32N2O/c1-45(2)38-19-9-6-15-32(38)36-18-12-21-40(44(36)45)46(30-24-26-43-37(27-30)35-17-8-11-22-42(35)48-43)31-23-25-34-33-16-7-10-20-39(33)47(41(34)28-31)29-13-4-3-5-14-29/h3-28H,1-2H3. The Balaban J connectivity index is 1.28. The molecule has 0 aliphatic heterocycles. The van der Waals surface area contributed by atoms with E-state index in [9.17, 15) is 0 Å². The Hall–Kier alpha value is -6.06. The van der Waals surface area contributed by atoms with Gasteiger partial charge < -0.3 is 13.9 Å². The molecule has 0 saturated heterocycles. The number of furan rings is 1. The van der Waals surface area contributed by atoms with E-state index in [0.29, 0.717) is 0 Å². The van der Waals surface area contributed by atoms with Gasteiger partial charge in [-0.2, -0.15) is 0 Å². The fourth-order valence-electron chi connectivity index (χ4n) is 8.24. The summed E-state index contributed by atoms with van der Waals surface area (Å²) < 4.78 is 8.68. The zero-order valence-electron chi connectivity index (χ0n) is 26.8. The zero-order chi connectivity index (χ0) is 32.0. The van der Waals surface area contributed by atoms with Crippen molar-refractivity contribution in [1.82, 2.24) is 4.57 Å². The van der Waals surface area contributed by atoms with E-state index >= 15 is 0 Å². The Bertz CT molecular complexity index is 2710. The van der Waals surface area contributed by atoms with Crippen LogP contribution in [0.1, 0.15) is 25.0 Å². The number of hydrogen-bond acceptors (Lipinski definition) is 2. The molecule has 9 aromatic rings. The van der Waals surface area contributed by atoms with Crippen LogP contribution in [0.3, 0.4) is 0 Å². The molecule has 3 heteroatoms. The van der Waals surface area contributed by atoms with E-state index in [4.69, 9.17) is 4.42 Å². The van der Waals surface area contributed by atoms with Gasteiger partial charge in [0.25, 0.3) is 0 Å². The van der Waals surface area contributed by atoms with Crippen LogP contribution in [0.2, 0.25) is 0 Å². The van der Waals surface area contributed by atoms with E-state index in [2.05, 4.69) is 169 Å². The molecule has 2 heterocycles. The van der Waals surface area contributed by atoms with Crippen LogP contribution in [-0.4, -0.2) is 4.57 Å². The number of para-hydroxylation sites is 3. The lowest BCUT2D eigenvalue weighted by Gasteiger charge is -2.32. The SMILES string of the molecule is CC1(C)c2ccccc2-c2cccc(N(c3ccc4oc5ccccc5c4c3)c3ccc4c5ccccc5n(-c5ccccc5)c4c3)c21. The second kappa shape index (κ2) is 9.97. The fraction of sp³-hybridized carbons (Fsp3) is 0.0667. The van der Waals surface area contributed by atoms with Gasteiger partial charge in [-0.25, -0.2) is 0 Å². The van der Waals surface area contributed by atoms with Gasteiger partial charge in [0.2, 0.25) is 0 Å². The van der Waals surface area contributed by atoms with Crippen LogP contribution in [0.4, 0.5) is 17.1 Å². The van der Waals surface area contributed by atoms with Gasteiger partial charge in [0.1, 0.15) is 11.2 Å². The summed E-state index contributed by atoms with van der Waals surface area (Å²) in [5.74, 6) is 0. The number of nitrogens with zero attached hydrogens (tertiary/aromatic N) is 2. The van der Waals surface area contributed by atoms with Gasteiger partial charge in [-0.15, -0.1) is 0 Å². The minimum Gasteiger partial charge on any atom is -0.456 e. The van der Waals surface area contributed by atoms with Gasteiger partial charge >= 0.3 is 0 Å². The molecule has 1 aliphatic carbocycles. The van der Waals surface area contributed by atoms with Gasteiger partial charge in [-0.05, 0) is 82.9 Å². The van der Waals surface area contributed by atoms with Crippen LogP contribution in [0.15, 0.2) is 162 Å². The first-order valence-corrected chi connectivity index (χ1v) is 16.6. The maximum Gasteiger partial charge on any atom is 0.135 e. The van der Waals surface area contributed by atoms with Crippen molar-refractivity contribution < 1.29 is 4.42 Å². The Labute approximate surface area is 278 Å². The Morgan fingerprint density at radius 3 is 2.06 bits per heavy atom. The number of benzene rings is 7. The molecule has 0 atom stereocenters. The topological polar surface area (TPSA) is 21.3 Å². The third-order valence-corrected chi connectivity index (χ3v) is 10.3. The van der Waals surface area contributed by atoms with Crippen LogP contribution in [0.25, 0.3) is 60.6 Å². The number of fused-ring (bicyclic) bond motifs is 9. The molecular weight excluding hydrogens is 585 g/mol. The average molecular weight is 617 g/mol. The predicted molar refractivity (Wildman–Crippen MR) is 200 cm³/mol. The first-order chi connectivity index (χ1) is 23.6. The van der Waals surface area contributed by atoms with E-state index in [1.165, 1.54) is 49.7 Å². The van der Waals surface area contributed by atoms with E-state index in [1.54, 1.807) is 0 Å². The van der Waals surface area contributed by atoms with Gasteiger partial charge in [0, 0.05) is 44.0 Å². The van der Waals surface area contributed by atoms with Crippen LogP contribution in [0.5, 0.6) is 0 Å². The minimum atomic E-state index is -0.184. The number of aromatic nitrogens is 1. The molecule has 0 fully saturated rings. The van der Waals surface area contributed by atoms with Crippen molar-refractivity contribution in [2.24, 2.45) is 0 Å². The lowest BCUT2D eigenvalue weighted by Crippen LogP contribution is -2.20. The summed E-state index contributed by atoms with van der Waals surface area (Å²) in [5.41, 5.74) is 13.8. The Kier molecular flexibility index (Phi) is 5.63. The number of anilines is 3. The molecule has 228 valence electrons. The Morgan fingerprint density at radius 1 is 0.500 bits per heavy atom. The maximum atomic E-state index is 6.28. The summed E-state index contributed by atoms with van der Waals surface area (Å²) in [6, 6.07) is 57.0. The van der Waals surface area contributed by atoms with Crippen molar-refractivity contribution in [3.8, 4) is 16.8 Å². The highest BCUT2D eigenvalue weighted by Crippen LogP contribution is 2.54. The highest BCUT2D eigenvalue weighted by Gasteiger charge is 2.38. The molecule has 0 amide bonds. The molecule has 10 rings (SSSR count). The van der Waals surface area contributed by atoms with Crippen LogP contribution in [0, 0.1) is 0 Å². The van der Waals surface area contributed by atoms with Crippen molar-refractivity contribution in [1.29, 1.82) is 0 Å². The molecule has 0 unspecified atom stereocenters. The molecule has 48 heavy (non-hydrogen) atoms. The van der Waals surface area contributed by atoms with Crippen LogP contribution >= 0.6 is 0 Å². The zero-order valence-corrected chi connectivity index (χ0v) is 26.8. The van der Waals surface area contributed by atoms with E-state index in [-0.39, 0.29) is 5.41 Å². The van der Waals surface area contributed by atoms with Crippen molar-refractivity contribution in [2.45, 2.75) is 19.3 Å². The van der Waals surface area contributed by atoms with Gasteiger partial charge in [0.15, 0.2) is 0 Å². The quantitative estimate of drug-likeness (QED) is 0.196. The Morgan fingerprint density at radius 2 is 1.17 bits per heavy atom. The van der Waals surface area contributed by atoms with Crippen molar-refractivity contribution in [3.63, 3.8) is 0 Å². The molecule has 0 N–H and O–H groups in total. The molecular formula is C45H32N2O. The van der Waals surface area contributed by atoms with E-state index < -0.39 is 0 Å². The van der Waals surface area contributed by atoms with Crippen molar-refractivity contribution in [3.05, 3.63) is 169 Å². The lowest BCUT2D eigenvalue weighted by molar-refractivity contribution is 0.660. The summed E-state index contributed by atoms with van der Waals surface area (Å²) in [4.78, 5) is 2.46. The summed E-state index contributed by atoms with van der Waals surface area (Å²) in [6.07, 6.45) is 0. The minimum absolute atomic E-state index is 0.184. The summed E-state index contributed by atoms with van der Waals surface area (Å²) in [7, 11) is 0. The predicted octanol–water partition coefficient (Wildman–Crippen LogP) is 12.5. The molecule has 2 aromatic heterocycles. The molecule has 0 bridgehead atoms. The van der Waals surface area contributed by atoms with Gasteiger partial charge in [0.05, 0.1) is 16.7 Å². The summed E-state index contributed by atoms with van der Waals surface area (Å²) >= 11 is 0. The summed E-state index contributed by atoms with van der Waals surface area (Å²) in [5, 5.41) is 4.72. The number of hydrogen-bond donors (Lipinski definition) is 0. The van der Waals surface area contributed by atoms with Gasteiger partial charge in [-0.1, -0.05) is 111 Å². The van der Waals surface area contributed by atoms with Gasteiger partial charge in [-0.3, -0.25) is 0 Å². The third kappa shape index (κ3) is 3.76. The lowest BCUT2D eigenvalue weighted by atomic mass is 9.81. The second-order valence-electron chi connectivity index (χ2n) is 13.4. The monoisotopic (exact) mass is 616 g/mol. The molecule has 0 radical (unpaired) electrons. The second-order valence-corrected chi connectivity index (χ2v) is 13.4. The fourth-order valence-corrected chi connectivity index (χ4v) is 8.24. The van der Waals surface area contributed by atoms with E-state index in [1.807, 2.05) is 12.1 Å². The smallest absolute Gasteiger partial charge is 0.135 e. The molecule has 1 aliphatic rings. The molecule has 3 nitrogen and oxygen atoms in total. The normalized spacial score (nSPS) is 13.4. The highest BCUT2D eigenvalue weighted by molar-refractivity contribution is 6.11. The molecule has 0 saturated carbocycles. The largest absolute Gasteiger partial charge is 0.456 e. The first-order valence-electron chi connectivity index (χ1n) is 16.6. The maximum absolute atomic E-state index is 6.28. The molecule has 7 aromatic carbocycles. The van der Waals surface area contributed by atoms with Crippen LogP contribution < -0.4 is 4.90 Å². The third-order valence-electron chi connectivity index (χ3n) is 10.3. The average Bonchev–Trinajstić information content (AvgIpc) is 3.74. The highest BCUT2D eigenvalue weighted by atomic mass is 16.3. The summed E-state index contributed by atoms with van der Waals surface area (Å²) in [6.45, 7) is 4.73. The number of rotatable bonds is 4.